The summed E-state index contributed by atoms with van der Waals surface area (Å²) in [5.41, 5.74) is 6.57. The van der Waals surface area contributed by atoms with Gasteiger partial charge in [-0.2, -0.15) is 0 Å². The quantitative estimate of drug-likeness (QED) is 0.456. The summed E-state index contributed by atoms with van der Waals surface area (Å²) in [5.74, 6) is -1.10. The molecule has 0 saturated carbocycles. The molecule has 0 aliphatic rings. The third kappa shape index (κ3) is 7.16. The molecule has 0 fully saturated rings. The lowest BCUT2D eigenvalue weighted by Crippen LogP contribution is -2.40. The second kappa shape index (κ2) is 8.06. The first-order valence-corrected chi connectivity index (χ1v) is 8.53. The number of thiocarbonyl (C=S) groups is 1. The number of hydrogen-bond donors (Lipinski definition) is 3. The smallest absolute Gasteiger partial charge is 0.230 e. The van der Waals surface area contributed by atoms with Gasteiger partial charge in [-0.25, -0.2) is 13.6 Å². The van der Waals surface area contributed by atoms with E-state index in [4.69, 9.17) is 23.1 Å². The van der Waals surface area contributed by atoms with E-state index in [9.17, 15) is 13.2 Å². The second-order valence-electron chi connectivity index (χ2n) is 4.66. The van der Waals surface area contributed by atoms with Crippen LogP contribution in [0.4, 0.5) is 0 Å². The third-order valence-electron chi connectivity index (χ3n) is 2.85. The van der Waals surface area contributed by atoms with Crippen molar-refractivity contribution >= 4 is 33.1 Å². The number of primary sulfonamides is 1. The Balaban J connectivity index is 2.52. The van der Waals surface area contributed by atoms with E-state index >= 15 is 0 Å². The fraction of sp³-hybridized carbons (Fsp3) is 0.385. The molecule has 8 heteroatoms. The van der Waals surface area contributed by atoms with E-state index in [1.165, 1.54) is 0 Å². The molecule has 116 valence electrons. The first-order valence-electron chi connectivity index (χ1n) is 6.41. The Morgan fingerprint density at radius 2 is 1.90 bits per heavy atom. The number of sulfonamides is 1. The Labute approximate surface area is 129 Å². The van der Waals surface area contributed by atoms with Gasteiger partial charge in [-0.3, -0.25) is 4.79 Å². The fourth-order valence-electron chi connectivity index (χ4n) is 1.78. The van der Waals surface area contributed by atoms with Crippen molar-refractivity contribution in [2.45, 2.75) is 12.8 Å². The van der Waals surface area contributed by atoms with E-state index in [-0.39, 0.29) is 29.6 Å². The van der Waals surface area contributed by atoms with Crippen LogP contribution in [-0.2, 0) is 21.2 Å². The Hall–Kier alpha value is -1.51. The van der Waals surface area contributed by atoms with Gasteiger partial charge in [0.1, 0.15) is 0 Å². The minimum Gasteiger partial charge on any atom is -0.393 e. The Morgan fingerprint density at radius 3 is 2.43 bits per heavy atom. The van der Waals surface area contributed by atoms with Crippen LogP contribution in [0.2, 0.25) is 0 Å². The van der Waals surface area contributed by atoms with Crippen molar-refractivity contribution in [3.05, 3.63) is 35.9 Å². The molecule has 0 bridgehead atoms. The highest BCUT2D eigenvalue weighted by Gasteiger charge is 2.21. The number of nitrogens with one attached hydrogen (secondary N) is 1. The average Bonchev–Trinajstić information content (AvgIpc) is 2.40. The molecule has 1 aromatic carbocycles. The molecule has 0 spiro atoms. The summed E-state index contributed by atoms with van der Waals surface area (Å²) in [6.07, 6.45) is 0.664. The minimum atomic E-state index is -3.51. The van der Waals surface area contributed by atoms with E-state index < -0.39 is 15.9 Å². The molecule has 21 heavy (non-hydrogen) atoms. The minimum absolute atomic E-state index is 0.114. The van der Waals surface area contributed by atoms with E-state index in [0.717, 1.165) is 5.56 Å². The predicted molar refractivity (Wildman–Crippen MR) is 86.0 cm³/mol. The summed E-state index contributed by atoms with van der Waals surface area (Å²) in [4.78, 5) is 12.2. The van der Waals surface area contributed by atoms with Gasteiger partial charge in [0.05, 0.1) is 16.7 Å². The van der Waals surface area contributed by atoms with E-state index in [0.29, 0.717) is 6.42 Å². The number of nitrogens with two attached hydrogens (primary N) is 2. The number of carbonyl (C=O) groups excluding carboxylic acids is 1. The SMILES string of the molecule is NC(=S)C(Cc1ccccc1)C(=O)NCCCS(N)(=O)=O. The van der Waals surface area contributed by atoms with Gasteiger partial charge in [0.25, 0.3) is 0 Å². The monoisotopic (exact) mass is 329 g/mol. The lowest BCUT2D eigenvalue weighted by Gasteiger charge is -2.15. The molecular weight excluding hydrogens is 310 g/mol. The van der Waals surface area contributed by atoms with Crippen LogP contribution in [0.3, 0.4) is 0 Å². The zero-order valence-corrected chi connectivity index (χ0v) is 13.1. The normalized spacial score (nSPS) is 12.6. The molecular formula is C13H19N3O3S2. The molecule has 0 aromatic heterocycles. The summed E-state index contributed by atoms with van der Waals surface area (Å²) >= 11 is 4.93. The van der Waals surface area contributed by atoms with E-state index in [1.54, 1.807) is 0 Å². The summed E-state index contributed by atoms with van der Waals surface area (Å²) in [7, 11) is -3.51. The van der Waals surface area contributed by atoms with Gasteiger partial charge in [-0.1, -0.05) is 42.5 Å². The fourth-order valence-corrected chi connectivity index (χ4v) is 2.52. The van der Waals surface area contributed by atoms with Crippen LogP contribution in [0.25, 0.3) is 0 Å². The van der Waals surface area contributed by atoms with Crippen LogP contribution in [0.15, 0.2) is 30.3 Å². The van der Waals surface area contributed by atoms with Crippen molar-refractivity contribution in [3.8, 4) is 0 Å². The molecule has 0 radical (unpaired) electrons. The molecule has 0 heterocycles. The van der Waals surface area contributed by atoms with Gasteiger partial charge in [-0.15, -0.1) is 0 Å². The molecule has 1 amide bonds. The van der Waals surface area contributed by atoms with Crippen molar-refractivity contribution in [1.29, 1.82) is 0 Å². The molecule has 1 atom stereocenters. The molecule has 6 nitrogen and oxygen atoms in total. The van der Waals surface area contributed by atoms with Crippen LogP contribution < -0.4 is 16.2 Å². The molecule has 0 saturated heterocycles. The topological polar surface area (TPSA) is 115 Å². The van der Waals surface area contributed by atoms with E-state index in [2.05, 4.69) is 5.32 Å². The summed E-state index contributed by atoms with van der Waals surface area (Å²) in [6.45, 7) is 0.211. The number of rotatable bonds is 8. The van der Waals surface area contributed by atoms with Crippen LogP contribution in [0.5, 0.6) is 0 Å². The highest BCUT2D eigenvalue weighted by atomic mass is 32.2. The molecule has 1 aromatic rings. The maximum absolute atomic E-state index is 12.1. The van der Waals surface area contributed by atoms with Crippen molar-refractivity contribution in [2.24, 2.45) is 16.8 Å². The van der Waals surface area contributed by atoms with E-state index in [1.807, 2.05) is 30.3 Å². The highest BCUT2D eigenvalue weighted by molar-refractivity contribution is 7.89. The van der Waals surface area contributed by atoms with Crippen LogP contribution in [-0.4, -0.2) is 31.6 Å². The third-order valence-corrected chi connectivity index (χ3v) is 3.99. The predicted octanol–water partition coefficient (Wildman–Crippen LogP) is -0.0738. The number of carbonyl (C=O) groups is 1. The van der Waals surface area contributed by atoms with Crippen LogP contribution >= 0.6 is 12.2 Å². The summed E-state index contributed by atoms with van der Waals surface area (Å²) in [5, 5.41) is 7.51. The zero-order valence-electron chi connectivity index (χ0n) is 11.5. The molecule has 5 N–H and O–H groups in total. The lowest BCUT2D eigenvalue weighted by atomic mass is 9.98. The van der Waals surface area contributed by atoms with Gasteiger partial charge in [0.15, 0.2) is 0 Å². The largest absolute Gasteiger partial charge is 0.393 e. The van der Waals surface area contributed by atoms with Crippen LogP contribution in [0, 0.1) is 5.92 Å². The molecule has 0 aliphatic carbocycles. The van der Waals surface area contributed by atoms with Gasteiger partial charge in [-0.05, 0) is 18.4 Å². The Kier molecular flexibility index (Phi) is 6.73. The van der Waals surface area contributed by atoms with Gasteiger partial charge in [0.2, 0.25) is 15.9 Å². The highest BCUT2D eigenvalue weighted by Crippen LogP contribution is 2.09. The average molecular weight is 329 g/mol. The zero-order chi connectivity index (χ0) is 15.9. The Morgan fingerprint density at radius 1 is 1.29 bits per heavy atom. The first kappa shape index (κ1) is 17.5. The van der Waals surface area contributed by atoms with Gasteiger partial charge < -0.3 is 11.1 Å². The number of amides is 1. The molecule has 0 aliphatic heterocycles. The first-order chi connectivity index (χ1) is 9.79. The van der Waals surface area contributed by atoms with Gasteiger partial charge in [0, 0.05) is 6.54 Å². The summed E-state index contributed by atoms with van der Waals surface area (Å²) in [6, 6.07) is 9.40. The summed E-state index contributed by atoms with van der Waals surface area (Å²) < 4.78 is 21.6. The Bertz CT molecular complexity index is 588. The van der Waals surface area contributed by atoms with Crippen molar-refractivity contribution in [3.63, 3.8) is 0 Å². The molecule has 1 unspecified atom stereocenters. The number of hydrogen-bond acceptors (Lipinski definition) is 4. The van der Waals surface area contributed by atoms with Crippen molar-refractivity contribution in [2.75, 3.05) is 12.3 Å². The maximum atomic E-state index is 12.1. The molecule has 1 rings (SSSR count). The van der Waals surface area contributed by atoms with Gasteiger partial charge >= 0.3 is 0 Å². The lowest BCUT2D eigenvalue weighted by molar-refractivity contribution is -0.122. The number of benzene rings is 1. The van der Waals surface area contributed by atoms with Crippen molar-refractivity contribution < 1.29 is 13.2 Å². The standard InChI is InChI=1S/C13H19N3O3S2/c14-12(20)11(9-10-5-2-1-3-6-10)13(17)16-7-4-8-21(15,18)19/h1-3,5-6,11H,4,7-9H2,(H2,14,20)(H,16,17)(H2,15,18,19). The maximum Gasteiger partial charge on any atom is 0.230 e. The second-order valence-corrected chi connectivity index (χ2v) is 6.86. The van der Waals surface area contributed by atoms with Crippen molar-refractivity contribution in [1.82, 2.24) is 5.32 Å². The van der Waals surface area contributed by atoms with Crippen LogP contribution in [0.1, 0.15) is 12.0 Å².